The molecule has 2 fully saturated rings. The second-order valence-corrected chi connectivity index (χ2v) is 18.0. The van der Waals surface area contributed by atoms with Gasteiger partial charge in [-0.1, -0.05) is 212 Å². The SMILES string of the molecule is O[C@@H]1O[C@H](COCc2ccccc2)[C@H](O[C@H]2O[C@H](COCc3ccccc3)[C@H](OCc3ccccc3)[C@H](OCc3ccccc3)[C@H]2OCc2ccccc2)[C@H](OCc2ccccc2)[C@H]1OCc1ccccc1. The van der Waals surface area contributed by atoms with E-state index in [0.717, 1.165) is 38.9 Å². The Balaban J connectivity index is 1.10. The van der Waals surface area contributed by atoms with Crippen LogP contribution in [-0.2, 0) is 93.6 Å². The summed E-state index contributed by atoms with van der Waals surface area (Å²) in [4.78, 5) is 0. The van der Waals surface area contributed by atoms with Crippen LogP contribution in [0, 0.1) is 0 Å². The van der Waals surface area contributed by atoms with Crippen LogP contribution in [0.2, 0.25) is 0 Å². The first-order valence-corrected chi connectivity index (χ1v) is 24.8. The molecule has 0 bridgehead atoms. The Morgan fingerprint density at radius 2 is 0.569 bits per heavy atom. The first-order valence-electron chi connectivity index (χ1n) is 24.8. The minimum Gasteiger partial charge on any atom is -0.374 e. The highest BCUT2D eigenvalue weighted by atomic mass is 16.8. The van der Waals surface area contributed by atoms with Crippen LogP contribution < -0.4 is 0 Å². The zero-order valence-corrected chi connectivity index (χ0v) is 40.4. The lowest BCUT2D eigenvalue weighted by Crippen LogP contribution is -2.66. The van der Waals surface area contributed by atoms with Crippen molar-refractivity contribution in [3.8, 4) is 0 Å². The van der Waals surface area contributed by atoms with Crippen LogP contribution in [0.1, 0.15) is 38.9 Å². The van der Waals surface area contributed by atoms with Gasteiger partial charge in [0.1, 0.15) is 48.8 Å². The van der Waals surface area contributed by atoms with Crippen molar-refractivity contribution in [2.24, 2.45) is 0 Å². The summed E-state index contributed by atoms with van der Waals surface area (Å²) >= 11 is 0. The lowest BCUT2D eigenvalue weighted by molar-refractivity contribution is -0.374. The van der Waals surface area contributed by atoms with Crippen LogP contribution in [0.25, 0.3) is 0 Å². The molecule has 0 saturated carbocycles. The fourth-order valence-corrected chi connectivity index (χ4v) is 8.97. The molecule has 0 aromatic heterocycles. The molecule has 72 heavy (non-hydrogen) atoms. The summed E-state index contributed by atoms with van der Waals surface area (Å²) in [6.45, 7) is 1.91. The summed E-state index contributed by atoms with van der Waals surface area (Å²) in [6, 6.07) is 69.6. The molecule has 0 radical (unpaired) electrons. The Morgan fingerprint density at radius 3 is 0.931 bits per heavy atom. The summed E-state index contributed by atoms with van der Waals surface area (Å²) in [7, 11) is 0. The molecule has 1 N–H and O–H groups in total. The summed E-state index contributed by atoms with van der Waals surface area (Å²) in [5.74, 6) is 0. The maximum atomic E-state index is 12.0. The summed E-state index contributed by atoms with van der Waals surface area (Å²) < 4.78 is 68.6. The van der Waals surface area contributed by atoms with Crippen LogP contribution in [0.4, 0.5) is 0 Å². The molecule has 374 valence electrons. The van der Waals surface area contributed by atoms with E-state index >= 15 is 0 Å². The van der Waals surface area contributed by atoms with Gasteiger partial charge in [0.2, 0.25) is 0 Å². The number of aliphatic hydroxyl groups excluding tert-OH is 1. The maximum Gasteiger partial charge on any atom is 0.187 e. The zero-order valence-electron chi connectivity index (χ0n) is 40.4. The van der Waals surface area contributed by atoms with Crippen molar-refractivity contribution in [3.63, 3.8) is 0 Å². The van der Waals surface area contributed by atoms with Crippen LogP contribution in [0.15, 0.2) is 212 Å². The minimum atomic E-state index is -1.41. The first-order chi connectivity index (χ1) is 35.6. The van der Waals surface area contributed by atoms with E-state index in [1.165, 1.54) is 0 Å². The van der Waals surface area contributed by atoms with Crippen LogP contribution >= 0.6 is 0 Å². The van der Waals surface area contributed by atoms with Gasteiger partial charge in [-0.15, -0.1) is 0 Å². The van der Waals surface area contributed by atoms with Gasteiger partial charge in [0, 0.05) is 0 Å². The van der Waals surface area contributed by atoms with E-state index in [1.807, 2.05) is 212 Å². The first kappa shape index (κ1) is 51.0. The van der Waals surface area contributed by atoms with Crippen LogP contribution in [-0.4, -0.2) is 79.7 Å². The molecule has 2 aliphatic heterocycles. The topological polar surface area (TPSA) is 113 Å². The average Bonchev–Trinajstić information content (AvgIpc) is 3.43. The molecule has 0 amide bonds. The zero-order chi connectivity index (χ0) is 49.0. The number of benzene rings is 7. The number of hydrogen-bond donors (Lipinski definition) is 1. The van der Waals surface area contributed by atoms with Crippen molar-refractivity contribution in [1.29, 1.82) is 0 Å². The summed E-state index contributed by atoms with van der Waals surface area (Å²) in [5.41, 5.74) is 6.75. The lowest BCUT2D eigenvalue weighted by Gasteiger charge is -2.49. The monoisotopic (exact) mass is 972 g/mol. The second kappa shape index (κ2) is 27.2. The highest BCUT2D eigenvalue weighted by molar-refractivity contribution is 5.19. The average molecular weight is 973 g/mol. The molecule has 11 nitrogen and oxygen atoms in total. The lowest BCUT2D eigenvalue weighted by atomic mass is 9.95. The van der Waals surface area contributed by atoms with Gasteiger partial charge >= 0.3 is 0 Å². The number of aliphatic hydroxyl groups is 1. The summed E-state index contributed by atoms with van der Waals surface area (Å²) in [6.07, 6.45) is -9.37. The smallest absolute Gasteiger partial charge is 0.187 e. The van der Waals surface area contributed by atoms with Gasteiger partial charge in [-0.05, 0) is 38.9 Å². The fourth-order valence-electron chi connectivity index (χ4n) is 8.97. The molecule has 0 aliphatic carbocycles. The molecule has 2 aliphatic rings. The molecule has 7 aromatic rings. The third-order valence-electron chi connectivity index (χ3n) is 12.7. The van der Waals surface area contributed by atoms with E-state index in [9.17, 15) is 5.11 Å². The normalized spacial score (nSPS) is 24.2. The van der Waals surface area contributed by atoms with E-state index < -0.39 is 61.4 Å². The standard InChI is InChI=1S/C61H64O11/c62-60-58(68-41-50-32-18-6-19-33-50)57(67-40-49-30-16-5-17-31-49)55(53(70-60)44-64-37-46-24-10-2-11-25-46)72-61-59(69-42-51-34-20-7-21-35-51)56(66-39-48-28-14-4-15-29-48)54(65-38-47-26-12-3-13-27-47)52(71-61)43-63-36-45-22-8-1-9-23-45/h1-35,52-62H,36-44H2/t52-,53-,54+,55+,56+,57+,58-,59-,60-,61-/m1/s1. The molecular formula is C61H64O11. The Labute approximate surface area is 423 Å². The molecule has 9 rings (SSSR count). The van der Waals surface area contributed by atoms with Gasteiger partial charge in [-0.3, -0.25) is 0 Å². The van der Waals surface area contributed by atoms with E-state index in [1.54, 1.807) is 0 Å². The molecular weight excluding hydrogens is 909 g/mol. The Morgan fingerprint density at radius 1 is 0.292 bits per heavy atom. The third-order valence-corrected chi connectivity index (χ3v) is 12.7. The molecule has 10 atom stereocenters. The Kier molecular flexibility index (Phi) is 19.3. The van der Waals surface area contributed by atoms with Crippen molar-refractivity contribution in [1.82, 2.24) is 0 Å². The van der Waals surface area contributed by atoms with Gasteiger partial charge in [0.15, 0.2) is 12.6 Å². The highest BCUT2D eigenvalue weighted by Crippen LogP contribution is 2.36. The molecule has 2 heterocycles. The van der Waals surface area contributed by atoms with Crippen molar-refractivity contribution in [2.45, 2.75) is 108 Å². The third kappa shape index (κ3) is 14.8. The van der Waals surface area contributed by atoms with Crippen molar-refractivity contribution in [3.05, 3.63) is 251 Å². The molecule has 0 spiro atoms. The minimum absolute atomic E-state index is 0.0375. The van der Waals surface area contributed by atoms with E-state index in [0.29, 0.717) is 13.2 Å². The van der Waals surface area contributed by atoms with E-state index in [-0.39, 0.29) is 46.2 Å². The van der Waals surface area contributed by atoms with Crippen molar-refractivity contribution in [2.75, 3.05) is 13.2 Å². The van der Waals surface area contributed by atoms with Crippen LogP contribution in [0.5, 0.6) is 0 Å². The largest absolute Gasteiger partial charge is 0.374 e. The van der Waals surface area contributed by atoms with Crippen molar-refractivity contribution >= 4 is 0 Å². The number of ether oxygens (including phenoxy) is 10. The number of hydrogen-bond acceptors (Lipinski definition) is 11. The Hall–Kier alpha value is -5.90. The van der Waals surface area contributed by atoms with Crippen molar-refractivity contribution < 1.29 is 52.5 Å². The van der Waals surface area contributed by atoms with Gasteiger partial charge in [0.25, 0.3) is 0 Å². The predicted octanol–water partition coefficient (Wildman–Crippen LogP) is 10.2. The molecule has 0 unspecified atom stereocenters. The van der Waals surface area contributed by atoms with E-state index in [4.69, 9.17) is 47.4 Å². The molecule has 11 heteroatoms. The van der Waals surface area contributed by atoms with Gasteiger partial charge in [-0.25, -0.2) is 0 Å². The number of rotatable bonds is 25. The fraction of sp³-hybridized carbons (Fsp3) is 0.311. The Bertz CT molecular complexity index is 2550. The quantitative estimate of drug-likeness (QED) is 0.0591. The predicted molar refractivity (Wildman–Crippen MR) is 272 cm³/mol. The molecule has 7 aromatic carbocycles. The highest BCUT2D eigenvalue weighted by Gasteiger charge is 2.54. The molecule has 2 saturated heterocycles. The van der Waals surface area contributed by atoms with Gasteiger partial charge in [-0.2, -0.15) is 0 Å². The van der Waals surface area contributed by atoms with Gasteiger partial charge < -0.3 is 52.5 Å². The second-order valence-electron chi connectivity index (χ2n) is 18.0. The van der Waals surface area contributed by atoms with E-state index in [2.05, 4.69) is 0 Å². The van der Waals surface area contributed by atoms with Gasteiger partial charge in [0.05, 0.1) is 59.5 Å². The van der Waals surface area contributed by atoms with Crippen LogP contribution in [0.3, 0.4) is 0 Å². The maximum absolute atomic E-state index is 12.0. The summed E-state index contributed by atoms with van der Waals surface area (Å²) in [5, 5.41) is 12.0.